The van der Waals surface area contributed by atoms with Crippen molar-refractivity contribution in [2.24, 2.45) is 0 Å². The number of nitrogens with one attached hydrogen (secondary N) is 2. The van der Waals surface area contributed by atoms with Crippen molar-refractivity contribution in [3.8, 4) is 0 Å². The highest BCUT2D eigenvalue weighted by Gasteiger charge is 2.27. The Morgan fingerprint density at radius 3 is 2.90 bits per heavy atom. The summed E-state index contributed by atoms with van der Waals surface area (Å²) in [4.78, 5) is 13.5. The van der Waals surface area contributed by atoms with Gasteiger partial charge in [0, 0.05) is 31.7 Å². The van der Waals surface area contributed by atoms with Crippen LogP contribution in [-0.2, 0) is 21.2 Å². The molecule has 7 heteroatoms. The molecule has 1 saturated heterocycles. The van der Waals surface area contributed by atoms with Gasteiger partial charge in [-0.3, -0.25) is 4.79 Å². The topological polar surface area (TPSA) is 78.5 Å². The van der Waals surface area contributed by atoms with Gasteiger partial charge >= 0.3 is 0 Å². The van der Waals surface area contributed by atoms with Gasteiger partial charge < -0.3 is 10.2 Å². The maximum Gasteiger partial charge on any atom is 0.240 e. The van der Waals surface area contributed by atoms with Gasteiger partial charge in [-0.15, -0.1) is 0 Å². The quantitative estimate of drug-likeness (QED) is 0.838. The minimum atomic E-state index is -3.54. The standard InChI is InChI=1S/C14H19N3O3S/c1-10(18)17-7-5-11-2-3-13(8-14(11)17)21(19,20)16-12-4-6-15-9-12/h2-3,8,12,15-16H,4-7,9H2,1H3. The van der Waals surface area contributed by atoms with Crippen molar-refractivity contribution in [3.05, 3.63) is 23.8 Å². The first-order chi connectivity index (χ1) is 9.97. The molecule has 3 rings (SSSR count). The van der Waals surface area contributed by atoms with E-state index in [1.54, 1.807) is 23.1 Å². The molecule has 2 aliphatic heterocycles. The van der Waals surface area contributed by atoms with E-state index in [9.17, 15) is 13.2 Å². The van der Waals surface area contributed by atoms with E-state index < -0.39 is 10.0 Å². The van der Waals surface area contributed by atoms with Crippen LogP contribution in [0.5, 0.6) is 0 Å². The van der Waals surface area contributed by atoms with Gasteiger partial charge in [0.1, 0.15) is 0 Å². The van der Waals surface area contributed by atoms with Crippen molar-refractivity contribution in [2.75, 3.05) is 24.5 Å². The average Bonchev–Trinajstić information content (AvgIpc) is 3.05. The van der Waals surface area contributed by atoms with Crippen LogP contribution in [0, 0.1) is 0 Å². The Morgan fingerprint density at radius 1 is 1.43 bits per heavy atom. The van der Waals surface area contributed by atoms with Crippen molar-refractivity contribution >= 4 is 21.6 Å². The number of benzene rings is 1. The van der Waals surface area contributed by atoms with E-state index in [4.69, 9.17) is 0 Å². The van der Waals surface area contributed by atoms with Gasteiger partial charge in [0.25, 0.3) is 0 Å². The zero-order chi connectivity index (χ0) is 15.0. The van der Waals surface area contributed by atoms with E-state index in [0.717, 1.165) is 30.6 Å². The lowest BCUT2D eigenvalue weighted by Crippen LogP contribution is -2.36. The van der Waals surface area contributed by atoms with Crippen LogP contribution >= 0.6 is 0 Å². The van der Waals surface area contributed by atoms with Crippen molar-refractivity contribution < 1.29 is 13.2 Å². The molecule has 0 aromatic heterocycles. The molecular formula is C14H19N3O3S. The van der Waals surface area contributed by atoms with Gasteiger partial charge in [0.15, 0.2) is 0 Å². The molecule has 0 aliphatic carbocycles. The smallest absolute Gasteiger partial charge is 0.240 e. The number of carbonyl (C=O) groups is 1. The fourth-order valence-electron chi connectivity index (χ4n) is 2.90. The number of hydrogen-bond donors (Lipinski definition) is 2. The predicted molar refractivity (Wildman–Crippen MR) is 79.8 cm³/mol. The van der Waals surface area contributed by atoms with Crippen molar-refractivity contribution in [3.63, 3.8) is 0 Å². The fraction of sp³-hybridized carbons (Fsp3) is 0.500. The summed E-state index contributed by atoms with van der Waals surface area (Å²) >= 11 is 0. The van der Waals surface area contributed by atoms with E-state index in [-0.39, 0.29) is 16.8 Å². The lowest BCUT2D eigenvalue weighted by atomic mass is 10.2. The number of sulfonamides is 1. The summed E-state index contributed by atoms with van der Waals surface area (Å²) < 4.78 is 27.6. The molecule has 0 spiro atoms. The Hall–Kier alpha value is -1.44. The van der Waals surface area contributed by atoms with Crippen molar-refractivity contribution in [1.82, 2.24) is 10.0 Å². The second kappa shape index (κ2) is 5.40. The first kappa shape index (κ1) is 14.5. The van der Waals surface area contributed by atoms with E-state index >= 15 is 0 Å². The maximum absolute atomic E-state index is 12.4. The molecule has 0 saturated carbocycles. The number of rotatable bonds is 3. The summed E-state index contributed by atoms with van der Waals surface area (Å²) in [6.45, 7) is 3.60. The van der Waals surface area contributed by atoms with Crippen LogP contribution in [0.4, 0.5) is 5.69 Å². The summed E-state index contributed by atoms with van der Waals surface area (Å²) in [7, 11) is -3.54. The van der Waals surface area contributed by atoms with E-state index in [0.29, 0.717) is 13.1 Å². The van der Waals surface area contributed by atoms with Crippen LogP contribution in [-0.4, -0.2) is 40.0 Å². The third kappa shape index (κ3) is 2.81. The zero-order valence-electron chi connectivity index (χ0n) is 11.9. The van der Waals surface area contributed by atoms with E-state index in [1.165, 1.54) is 6.92 Å². The number of carbonyl (C=O) groups excluding carboxylic acids is 1. The van der Waals surface area contributed by atoms with Gasteiger partial charge in [0.05, 0.1) is 4.90 Å². The van der Waals surface area contributed by atoms with Crippen LogP contribution in [0.25, 0.3) is 0 Å². The number of amides is 1. The van der Waals surface area contributed by atoms with Gasteiger partial charge in [-0.1, -0.05) is 6.07 Å². The highest BCUT2D eigenvalue weighted by atomic mass is 32.2. The fourth-order valence-corrected chi connectivity index (χ4v) is 4.19. The Labute approximate surface area is 124 Å². The first-order valence-corrected chi connectivity index (χ1v) is 8.60. The summed E-state index contributed by atoms with van der Waals surface area (Å²) in [6, 6.07) is 4.97. The zero-order valence-corrected chi connectivity index (χ0v) is 12.7. The van der Waals surface area contributed by atoms with E-state index in [2.05, 4.69) is 10.0 Å². The van der Waals surface area contributed by atoms with Gasteiger partial charge in [-0.25, -0.2) is 13.1 Å². The lowest BCUT2D eigenvalue weighted by Gasteiger charge is -2.17. The summed E-state index contributed by atoms with van der Waals surface area (Å²) in [6.07, 6.45) is 1.57. The summed E-state index contributed by atoms with van der Waals surface area (Å²) in [5, 5.41) is 3.13. The second-order valence-corrected chi connectivity index (χ2v) is 7.24. The molecule has 114 valence electrons. The molecule has 21 heavy (non-hydrogen) atoms. The number of hydrogen-bond acceptors (Lipinski definition) is 4. The SMILES string of the molecule is CC(=O)N1CCc2ccc(S(=O)(=O)NC3CCNC3)cc21. The predicted octanol–water partition coefficient (Wildman–Crippen LogP) is 0.236. The molecule has 1 amide bonds. The third-order valence-electron chi connectivity index (χ3n) is 4.02. The van der Waals surface area contributed by atoms with Gasteiger partial charge in [-0.05, 0) is 37.1 Å². The largest absolute Gasteiger partial charge is 0.315 e. The molecule has 1 atom stereocenters. The molecule has 1 aromatic rings. The highest BCUT2D eigenvalue weighted by Crippen LogP contribution is 2.30. The molecular weight excluding hydrogens is 290 g/mol. The Balaban J connectivity index is 1.89. The van der Waals surface area contributed by atoms with Crippen LogP contribution in [0.15, 0.2) is 23.1 Å². The van der Waals surface area contributed by atoms with Gasteiger partial charge in [-0.2, -0.15) is 0 Å². The highest BCUT2D eigenvalue weighted by molar-refractivity contribution is 7.89. The minimum Gasteiger partial charge on any atom is -0.315 e. The molecule has 1 fully saturated rings. The minimum absolute atomic E-state index is 0.0590. The molecule has 6 nitrogen and oxygen atoms in total. The molecule has 0 radical (unpaired) electrons. The van der Waals surface area contributed by atoms with Crippen LogP contribution < -0.4 is 14.9 Å². The molecule has 2 N–H and O–H groups in total. The molecule has 1 unspecified atom stereocenters. The second-order valence-electron chi connectivity index (χ2n) is 5.52. The van der Waals surface area contributed by atoms with Crippen molar-refractivity contribution in [1.29, 1.82) is 0 Å². The number of anilines is 1. The maximum atomic E-state index is 12.4. The Bertz CT molecular complexity index is 666. The molecule has 0 bridgehead atoms. The summed E-state index contributed by atoms with van der Waals surface area (Å²) in [5.74, 6) is -0.0590. The normalized spacial score (nSPS) is 21.6. The molecule has 2 heterocycles. The van der Waals surface area contributed by atoms with E-state index in [1.807, 2.05) is 0 Å². The molecule has 1 aromatic carbocycles. The Kier molecular flexibility index (Phi) is 3.73. The van der Waals surface area contributed by atoms with Crippen molar-refractivity contribution in [2.45, 2.75) is 30.7 Å². The van der Waals surface area contributed by atoms with Crippen LogP contribution in [0.3, 0.4) is 0 Å². The Morgan fingerprint density at radius 2 is 2.24 bits per heavy atom. The van der Waals surface area contributed by atoms with Crippen LogP contribution in [0.1, 0.15) is 18.9 Å². The third-order valence-corrected chi connectivity index (χ3v) is 5.54. The molecule has 2 aliphatic rings. The number of nitrogens with zero attached hydrogens (tertiary/aromatic N) is 1. The van der Waals surface area contributed by atoms with Crippen LogP contribution in [0.2, 0.25) is 0 Å². The monoisotopic (exact) mass is 309 g/mol. The lowest BCUT2D eigenvalue weighted by molar-refractivity contribution is -0.116. The first-order valence-electron chi connectivity index (χ1n) is 7.11. The average molecular weight is 309 g/mol. The summed E-state index contributed by atoms with van der Waals surface area (Å²) in [5.41, 5.74) is 1.74. The number of fused-ring (bicyclic) bond motifs is 1. The van der Waals surface area contributed by atoms with Gasteiger partial charge in [0.2, 0.25) is 15.9 Å².